The number of anilines is 1. The van der Waals surface area contributed by atoms with Gasteiger partial charge in [-0.1, -0.05) is 38.8 Å². The monoisotopic (exact) mass is 389 g/mol. The summed E-state index contributed by atoms with van der Waals surface area (Å²) >= 11 is 7.36. The van der Waals surface area contributed by atoms with Crippen LogP contribution in [0.1, 0.15) is 47.0 Å². The van der Waals surface area contributed by atoms with Crippen molar-refractivity contribution in [3.05, 3.63) is 23.0 Å². The Labute approximate surface area is 157 Å². The molecule has 4 nitrogen and oxygen atoms in total. The van der Waals surface area contributed by atoms with E-state index in [-0.39, 0.29) is 28.5 Å². The lowest BCUT2D eigenvalue weighted by molar-refractivity contribution is -0.142. The van der Waals surface area contributed by atoms with Gasteiger partial charge in [-0.05, 0) is 31.9 Å². The van der Waals surface area contributed by atoms with Crippen molar-refractivity contribution in [3.63, 3.8) is 0 Å². The highest BCUT2D eigenvalue weighted by molar-refractivity contribution is 8.00. The maximum atomic E-state index is 14.1. The molecule has 140 valence electrons. The quantitative estimate of drug-likeness (QED) is 0.460. The van der Waals surface area contributed by atoms with E-state index >= 15 is 0 Å². The van der Waals surface area contributed by atoms with Crippen LogP contribution in [0.15, 0.2) is 17.0 Å². The fraction of sp³-hybridized carbons (Fsp3) is 0.556. The van der Waals surface area contributed by atoms with Crippen LogP contribution in [0.25, 0.3) is 0 Å². The Morgan fingerprint density at radius 3 is 2.56 bits per heavy atom. The van der Waals surface area contributed by atoms with Crippen LogP contribution < -0.4 is 5.32 Å². The summed E-state index contributed by atoms with van der Waals surface area (Å²) in [6, 6.07) is 2.63. The van der Waals surface area contributed by atoms with Gasteiger partial charge in [-0.15, -0.1) is 11.8 Å². The number of esters is 1. The second-order valence-corrected chi connectivity index (χ2v) is 7.36. The van der Waals surface area contributed by atoms with Crippen molar-refractivity contribution in [1.29, 1.82) is 0 Å². The van der Waals surface area contributed by atoms with Gasteiger partial charge >= 0.3 is 5.97 Å². The predicted octanol–water partition coefficient (Wildman–Crippen LogP) is 5.29. The Balaban J connectivity index is 3.04. The molecule has 2 unspecified atom stereocenters. The van der Waals surface area contributed by atoms with E-state index in [9.17, 15) is 14.0 Å². The topological polar surface area (TPSA) is 55.4 Å². The molecule has 1 aromatic carbocycles. The molecule has 0 spiro atoms. The second-order valence-electron chi connectivity index (χ2n) is 5.71. The molecule has 7 heteroatoms. The van der Waals surface area contributed by atoms with Crippen molar-refractivity contribution in [1.82, 2.24) is 0 Å². The molecular formula is C18H25ClFNO3S. The maximum absolute atomic E-state index is 14.1. The van der Waals surface area contributed by atoms with Gasteiger partial charge in [0.15, 0.2) is 0 Å². The van der Waals surface area contributed by atoms with Gasteiger partial charge < -0.3 is 10.1 Å². The standard InChI is InChI=1S/C18H25ClFNO3S/c1-5-8-15(18(23)24-7-3)25-16-10-14(13(20)9-12(16)19)21-17(22)11(4)6-2/h9-11,15H,5-8H2,1-4H3,(H,21,22). The average molecular weight is 390 g/mol. The van der Waals surface area contributed by atoms with Gasteiger partial charge in [0, 0.05) is 10.8 Å². The number of nitrogens with one attached hydrogen (secondary N) is 1. The highest BCUT2D eigenvalue weighted by Crippen LogP contribution is 2.36. The van der Waals surface area contributed by atoms with Crippen LogP contribution in [-0.4, -0.2) is 23.7 Å². The fourth-order valence-electron chi connectivity index (χ4n) is 2.03. The number of amides is 1. The lowest BCUT2D eigenvalue weighted by Gasteiger charge is -2.17. The first-order valence-corrected chi connectivity index (χ1v) is 9.72. The molecule has 2 atom stereocenters. The molecule has 0 radical (unpaired) electrons. The van der Waals surface area contributed by atoms with E-state index in [2.05, 4.69) is 5.32 Å². The van der Waals surface area contributed by atoms with Gasteiger partial charge in [-0.25, -0.2) is 4.39 Å². The van der Waals surface area contributed by atoms with Crippen LogP contribution in [0.5, 0.6) is 0 Å². The summed E-state index contributed by atoms with van der Waals surface area (Å²) in [5, 5.41) is 2.36. The van der Waals surface area contributed by atoms with Crippen molar-refractivity contribution >= 4 is 40.9 Å². The van der Waals surface area contributed by atoms with Gasteiger partial charge in [0.2, 0.25) is 5.91 Å². The van der Waals surface area contributed by atoms with E-state index in [4.69, 9.17) is 16.3 Å². The molecule has 1 rings (SSSR count). The lowest BCUT2D eigenvalue weighted by Crippen LogP contribution is -2.21. The van der Waals surface area contributed by atoms with Gasteiger partial charge in [-0.3, -0.25) is 9.59 Å². The number of halogens is 2. The zero-order valence-electron chi connectivity index (χ0n) is 15.0. The molecule has 0 aliphatic rings. The van der Waals surface area contributed by atoms with Crippen molar-refractivity contribution in [3.8, 4) is 0 Å². The highest BCUT2D eigenvalue weighted by atomic mass is 35.5. The van der Waals surface area contributed by atoms with Crippen LogP contribution >= 0.6 is 23.4 Å². The van der Waals surface area contributed by atoms with Crippen molar-refractivity contribution in [2.45, 2.75) is 57.1 Å². The highest BCUT2D eigenvalue weighted by Gasteiger charge is 2.23. The molecule has 0 aromatic heterocycles. The first kappa shape index (κ1) is 21.8. The summed E-state index contributed by atoms with van der Waals surface area (Å²) in [7, 11) is 0. The van der Waals surface area contributed by atoms with E-state index in [1.165, 1.54) is 17.8 Å². The number of rotatable bonds is 9. The third-order valence-corrected chi connectivity index (χ3v) is 5.44. The third-order valence-electron chi connectivity index (χ3n) is 3.71. The number of carbonyl (C=O) groups is 2. The summed E-state index contributed by atoms with van der Waals surface area (Å²) in [4.78, 5) is 24.6. The van der Waals surface area contributed by atoms with Crippen LogP contribution in [0, 0.1) is 11.7 Å². The molecule has 1 amide bonds. The van der Waals surface area contributed by atoms with Crippen LogP contribution in [-0.2, 0) is 14.3 Å². The van der Waals surface area contributed by atoms with Crippen LogP contribution in [0.4, 0.5) is 10.1 Å². The molecule has 1 N–H and O–H groups in total. The number of carbonyl (C=O) groups excluding carboxylic acids is 2. The minimum Gasteiger partial charge on any atom is -0.465 e. The fourth-order valence-corrected chi connectivity index (χ4v) is 3.50. The zero-order chi connectivity index (χ0) is 19.0. The van der Waals surface area contributed by atoms with Crippen molar-refractivity contribution < 1.29 is 18.7 Å². The molecule has 0 saturated carbocycles. The molecule has 0 aliphatic carbocycles. The summed E-state index contributed by atoms with van der Waals surface area (Å²) in [5.74, 6) is -1.40. The molecular weight excluding hydrogens is 365 g/mol. The van der Waals surface area contributed by atoms with Crippen molar-refractivity contribution in [2.75, 3.05) is 11.9 Å². The number of ether oxygens (including phenoxy) is 1. The minimum atomic E-state index is -0.603. The van der Waals surface area contributed by atoms with E-state index in [0.29, 0.717) is 24.3 Å². The molecule has 0 bridgehead atoms. The third kappa shape index (κ3) is 6.51. The Hall–Kier alpha value is -1.27. The van der Waals surface area contributed by atoms with Gasteiger partial charge in [0.25, 0.3) is 0 Å². The minimum absolute atomic E-state index is 0.0660. The summed E-state index contributed by atoms with van der Waals surface area (Å²) in [6.45, 7) is 7.68. The predicted molar refractivity (Wildman–Crippen MR) is 101 cm³/mol. The molecule has 25 heavy (non-hydrogen) atoms. The van der Waals surface area contributed by atoms with Gasteiger partial charge in [-0.2, -0.15) is 0 Å². The number of hydrogen-bond acceptors (Lipinski definition) is 4. The Kier molecular flexibility index (Phi) is 9.28. The molecule has 0 saturated heterocycles. The van der Waals surface area contributed by atoms with Gasteiger partial charge in [0.1, 0.15) is 11.1 Å². The lowest BCUT2D eigenvalue weighted by atomic mass is 10.1. The number of hydrogen-bond donors (Lipinski definition) is 1. The van der Waals surface area contributed by atoms with Gasteiger partial charge in [0.05, 0.1) is 17.3 Å². The van der Waals surface area contributed by atoms with E-state index in [0.717, 1.165) is 12.5 Å². The summed E-state index contributed by atoms with van der Waals surface area (Å²) in [5.41, 5.74) is 0.0660. The SMILES string of the molecule is CCCC(Sc1cc(NC(=O)C(C)CC)c(F)cc1Cl)C(=O)OCC. The number of benzene rings is 1. The van der Waals surface area contributed by atoms with E-state index in [1.807, 2.05) is 13.8 Å². The molecule has 0 aliphatic heterocycles. The molecule has 0 heterocycles. The van der Waals surface area contributed by atoms with Crippen LogP contribution in [0.3, 0.4) is 0 Å². The maximum Gasteiger partial charge on any atom is 0.319 e. The van der Waals surface area contributed by atoms with E-state index < -0.39 is 11.1 Å². The second kappa shape index (κ2) is 10.7. The molecule has 1 aromatic rings. The summed E-state index contributed by atoms with van der Waals surface area (Å²) < 4.78 is 19.2. The smallest absolute Gasteiger partial charge is 0.319 e. The number of thioether (sulfide) groups is 1. The zero-order valence-corrected chi connectivity index (χ0v) is 16.6. The Bertz CT molecular complexity index is 612. The van der Waals surface area contributed by atoms with Crippen molar-refractivity contribution in [2.24, 2.45) is 5.92 Å². The van der Waals surface area contributed by atoms with Crippen LogP contribution in [0.2, 0.25) is 5.02 Å². The summed E-state index contributed by atoms with van der Waals surface area (Å²) in [6.07, 6.45) is 2.07. The van der Waals surface area contributed by atoms with E-state index in [1.54, 1.807) is 13.8 Å². The Morgan fingerprint density at radius 1 is 1.32 bits per heavy atom. The molecule has 0 fully saturated rings. The normalized spacial score (nSPS) is 13.2. The first-order chi connectivity index (χ1) is 11.8. The largest absolute Gasteiger partial charge is 0.465 e. The Morgan fingerprint density at radius 2 is 2.00 bits per heavy atom. The first-order valence-electron chi connectivity index (χ1n) is 8.47. The average Bonchev–Trinajstić information content (AvgIpc) is 2.57.